The van der Waals surface area contributed by atoms with Gasteiger partial charge in [0.2, 0.25) is 0 Å². The molecular formula is C20H23N5O3. The van der Waals surface area contributed by atoms with Gasteiger partial charge in [-0.05, 0) is 37.0 Å². The molecule has 0 saturated carbocycles. The zero-order valence-corrected chi connectivity index (χ0v) is 15.6. The number of hydrogen-bond acceptors (Lipinski definition) is 6. The zero-order valence-electron chi connectivity index (χ0n) is 15.6. The van der Waals surface area contributed by atoms with Crippen molar-refractivity contribution in [1.82, 2.24) is 24.5 Å². The van der Waals surface area contributed by atoms with Crippen molar-refractivity contribution in [2.75, 3.05) is 19.7 Å². The molecule has 0 radical (unpaired) electrons. The number of hydrogen-bond donors (Lipinski definition) is 1. The maximum absolute atomic E-state index is 12.9. The van der Waals surface area contributed by atoms with E-state index < -0.39 is 0 Å². The van der Waals surface area contributed by atoms with Crippen molar-refractivity contribution in [2.45, 2.75) is 32.0 Å². The number of piperidine rings is 1. The van der Waals surface area contributed by atoms with Crippen molar-refractivity contribution in [1.29, 1.82) is 0 Å². The molecule has 1 saturated heterocycles. The average Bonchev–Trinajstić information content (AvgIpc) is 3.16. The van der Waals surface area contributed by atoms with Gasteiger partial charge in [-0.2, -0.15) is 5.10 Å². The molecule has 1 aliphatic heterocycles. The van der Waals surface area contributed by atoms with Crippen molar-refractivity contribution in [3.05, 3.63) is 59.8 Å². The molecule has 1 atom stereocenters. The molecule has 0 bridgehead atoms. The number of ether oxygens (including phenoxy) is 1. The summed E-state index contributed by atoms with van der Waals surface area (Å²) in [6, 6.07) is 7.44. The lowest BCUT2D eigenvalue weighted by molar-refractivity contribution is -0.00801. The molecule has 8 heteroatoms. The van der Waals surface area contributed by atoms with Gasteiger partial charge in [-0.25, -0.2) is 9.50 Å². The smallest absolute Gasteiger partial charge is 0.274 e. The fourth-order valence-electron chi connectivity index (χ4n) is 3.39. The van der Waals surface area contributed by atoms with Gasteiger partial charge in [0.15, 0.2) is 11.3 Å². The molecule has 4 heterocycles. The Kier molecular flexibility index (Phi) is 5.59. The first kappa shape index (κ1) is 18.5. The summed E-state index contributed by atoms with van der Waals surface area (Å²) >= 11 is 0. The van der Waals surface area contributed by atoms with E-state index >= 15 is 0 Å². The predicted molar refractivity (Wildman–Crippen MR) is 102 cm³/mol. The van der Waals surface area contributed by atoms with E-state index in [0.717, 1.165) is 24.1 Å². The number of carbonyl (C=O) groups excluding carboxylic acids is 1. The number of amides is 1. The SMILES string of the molecule is O=C(c1cc2ncc(CCO)cn2n1)N1CCCC(OCc2ccccn2)C1. The second-order valence-corrected chi connectivity index (χ2v) is 6.92. The van der Waals surface area contributed by atoms with Crippen LogP contribution in [0.1, 0.15) is 34.6 Å². The average molecular weight is 381 g/mol. The third-order valence-electron chi connectivity index (χ3n) is 4.84. The highest BCUT2D eigenvalue weighted by Crippen LogP contribution is 2.17. The standard InChI is InChI=1S/C20H23N5O3/c26-9-6-15-11-22-19-10-18(23-25(19)12-15)20(27)24-8-3-5-17(13-24)28-14-16-4-1-2-7-21-16/h1-2,4,7,10-12,17,26H,3,5-6,8-9,13-14H2. The molecule has 0 aliphatic carbocycles. The van der Waals surface area contributed by atoms with Crippen LogP contribution in [0.25, 0.3) is 5.65 Å². The van der Waals surface area contributed by atoms with Gasteiger partial charge in [0.05, 0.1) is 18.4 Å². The summed E-state index contributed by atoms with van der Waals surface area (Å²) in [5.41, 5.74) is 2.75. The summed E-state index contributed by atoms with van der Waals surface area (Å²) in [4.78, 5) is 23.3. The first-order valence-corrected chi connectivity index (χ1v) is 9.49. The van der Waals surface area contributed by atoms with Gasteiger partial charge in [0, 0.05) is 44.4 Å². The minimum atomic E-state index is -0.111. The highest BCUT2D eigenvalue weighted by Gasteiger charge is 2.26. The number of likely N-dealkylation sites (tertiary alicyclic amines) is 1. The van der Waals surface area contributed by atoms with Crippen LogP contribution in [0.15, 0.2) is 42.9 Å². The lowest BCUT2D eigenvalue weighted by atomic mass is 10.1. The summed E-state index contributed by atoms with van der Waals surface area (Å²) in [7, 11) is 0. The van der Waals surface area contributed by atoms with E-state index in [-0.39, 0.29) is 18.6 Å². The van der Waals surface area contributed by atoms with Gasteiger partial charge >= 0.3 is 0 Å². The maximum Gasteiger partial charge on any atom is 0.274 e. The fourth-order valence-corrected chi connectivity index (χ4v) is 3.39. The van der Waals surface area contributed by atoms with Crippen LogP contribution in [-0.4, -0.2) is 61.3 Å². The predicted octanol–water partition coefficient (Wildman–Crippen LogP) is 1.48. The van der Waals surface area contributed by atoms with E-state index in [1.807, 2.05) is 18.2 Å². The van der Waals surface area contributed by atoms with E-state index in [2.05, 4.69) is 15.1 Å². The Morgan fingerprint density at radius 2 is 2.25 bits per heavy atom. The molecular weight excluding hydrogens is 358 g/mol. The van der Waals surface area contributed by atoms with Crippen LogP contribution in [0.5, 0.6) is 0 Å². The Morgan fingerprint density at radius 1 is 1.32 bits per heavy atom. The van der Waals surface area contributed by atoms with E-state index in [1.54, 1.807) is 34.1 Å². The Bertz CT molecular complexity index is 943. The number of aromatic nitrogens is 4. The fraction of sp³-hybridized carbons (Fsp3) is 0.400. The number of pyridine rings is 1. The second-order valence-electron chi connectivity index (χ2n) is 6.92. The third-order valence-corrected chi connectivity index (χ3v) is 4.84. The molecule has 3 aromatic rings. The summed E-state index contributed by atoms with van der Waals surface area (Å²) in [5, 5.41) is 13.4. The van der Waals surface area contributed by atoms with Gasteiger partial charge in [0.25, 0.3) is 5.91 Å². The van der Waals surface area contributed by atoms with Crippen LogP contribution in [0.4, 0.5) is 0 Å². The van der Waals surface area contributed by atoms with Crippen molar-refractivity contribution < 1.29 is 14.6 Å². The molecule has 0 spiro atoms. The van der Waals surface area contributed by atoms with Gasteiger partial charge in [-0.15, -0.1) is 0 Å². The van der Waals surface area contributed by atoms with Crippen molar-refractivity contribution in [2.24, 2.45) is 0 Å². The molecule has 1 aliphatic rings. The normalized spacial score (nSPS) is 17.2. The molecule has 0 aromatic carbocycles. The largest absolute Gasteiger partial charge is 0.396 e. The van der Waals surface area contributed by atoms with Crippen LogP contribution >= 0.6 is 0 Å². The molecule has 146 valence electrons. The van der Waals surface area contributed by atoms with Crippen molar-refractivity contribution >= 4 is 11.6 Å². The van der Waals surface area contributed by atoms with Crippen LogP contribution < -0.4 is 0 Å². The first-order chi connectivity index (χ1) is 13.7. The van der Waals surface area contributed by atoms with E-state index in [0.29, 0.717) is 37.5 Å². The number of nitrogens with zero attached hydrogens (tertiary/aromatic N) is 5. The molecule has 1 amide bonds. The lowest BCUT2D eigenvalue weighted by Crippen LogP contribution is -2.43. The highest BCUT2D eigenvalue weighted by atomic mass is 16.5. The Balaban J connectivity index is 1.41. The quantitative estimate of drug-likeness (QED) is 0.695. The number of carbonyl (C=O) groups is 1. The summed E-state index contributed by atoms with van der Waals surface area (Å²) < 4.78 is 7.56. The lowest BCUT2D eigenvalue weighted by Gasteiger charge is -2.32. The van der Waals surface area contributed by atoms with Crippen LogP contribution in [-0.2, 0) is 17.8 Å². The molecule has 8 nitrogen and oxygen atoms in total. The molecule has 1 unspecified atom stereocenters. The van der Waals surface area contributed by atoms with E-state index in [4.69, 9.17) is 9.84 Å². The summed E-state index contributed by atoms with van der Waals surface area (Å²) in [6.07, 6.45) is 7.56. The van der Waals surface area contributed by atoms with Gasteiger partial charge in [0.1, 0.15) is 0 Å². The van der Waals surface area contributed by atoms with Crippen LogP contribution in [0.3, 0.4) is 0 Å². The van der Waals surface area contributed by atoms with Crippen molar-refractivity contribution in [3.63, 3.8) is 0 Å². The molecule has 1 N–H and O–H groups in total. The Hall–Kier alpha value is -2.84. The minimum absolute atomic E-state index is 0.00832. The maximum atomic E-state index is 12.9. The first-order valence-electron chi connectivity index (χ1n) is 9.49. The summed E-state index contributed by atoms with van der Waals surface area (Å²) in [6.45, 7) is 1.73. The number of fused-ring (bicyclic) bond motifs is 1. The van der Waals surface area contributed by atoms with Gasteiger partial charge in [-0.1, -0.05) is 6.07 Å². The Labute approximate surface area is 162 Å². The number of aliphatic hydroxyl groups excluding tert-OH is 1. The highest BCUT2D eigenvalue weighted by molar-refractivity contribution is 5.93. The van der Waals surface area contributed by atoms with Gasteiger partial charge < -0.3 is 14.7 Å². The molecule has 4 rings (SSSR count). The van der Waals surface area contributed by atoms with Crippen LogP contribution in [0.2, 0.25) is 0 Å². The second kappa shape index (κ2) is 8.45. The number of aliphatic hydroxyl groups is 1. The van der Waals surface area contributed by atoms with E-state index in [1.165, 1.54) is 0 Å². The van der Waals surface area contributed by atoms with Crippen molar-refractivity contribution in [3.8, 4) is 0 Å². The minimum Gasteiger partial charge on any atom is -0.396 e. The van der Waals surface area contributed by atoms with Gasteiger partial charge in [-0.3, -0.25) is 9.78 Å². The zero-order chi connectivity index (χ0) is 19.3. The molecule has 1 fully saturated rings. The topological polar surface area (TPSA) is 92.8 Å². The molecule has 28 heavy (non-hydrogen) atoms. The number of rotatable bonds is 6. The summed E-state index contributed by atoms with van der Waals surface area (Å²) in [5.74, 6) is -0.111. The van der Waals surface area contributed by atoms with Crippen LogP contribution in [0, 0.1) is 0 Å². The molecule has 3 aromatic heterocycles. The monoisotopic (exact) mass is 381 g/mol. The third kappa shape index (κ3) is 4.18. The Morgan fingerprint density at radius 3 is 3.07 bits per heavy atom. The van der Waals surface area contributed by atoms with E-state index in [9.17, 15) is 4.79 Å².